The minimum atomic E-state index is -0.232. The number of carbonyl (C=O) groups is 2. The van der Waals surface area contributed by atoms with E-state index in [4.69, 9.17) is 9.15 Å². The number of hydrogen-bond acceptors (Lipinski definition) is 4. The molecule has 1 aliphatic heterocycles. The van der Waals surface area contributed by atoms with Crippen LogP contribution >= 0.6 is 0 Å². The summed E-state index contributed by atoms with van der Waals surface area (Å²) >= 11 is 0. The van der Waals surface area contributed by atoms with Gasteiger partial charge in [-0.15, -0.1) is 0 Å². The molecule has 0 aromatic carbocycles. The maximum absolute atomic E-state index is 12.5. The quantitative estimate of drug-likeness (QED) is 0.779. The summed E-state index contributed by atoms with van der Waals surface area (Å²) in [6, 6.07) is 3.07. The zero-order valence-electron chi connectivity index (χ0n) is 12.6. The van der Waals surface area contributed by atoms with Crippen LogP contribution in [0.1, 0.15) is 30.8 Å². The summed E-state index contributed by atoms with van der Waals surface area (Å²) in [6.45, 7) is 6.64. The van der Waals surface area contributed by atoms with Crippen LogP contribution in [0.15, 0.2) is 22.8 Å². The van der Waals surface area contributed by atoms with E-state index < -0.39 is 0 Å². The number of morpholine rings is 1. The monoisotopic (exact) mass is 294 g/mol. The Hall–Kier alpha value is -1.82. The van der Waals surface area contributed by atoms with Crippen molar-refractivity contribution in [2.45, 2.75) is 26.3 Å². The fourth-order valence-electron chi connectivity index (χ4n) is 2.50. The molecule has 1 aliphatic rings. The lowest BCUT2D eigenvalue weighted by Crippen LogP contribution is -2.54. The second kappa shape index (κ2) is 7.26. The molecule has 0 radical (unpaired) electrons. The van der Waals surface area contributed by atoms with E-state index in [1.807, 2.05) is 13.8 Å². The molecule has 1 saturated heterocycles. The van der Waals surface area contributed by atoms with Crippen LogP contribution in [-0.2, 0) is 4.74 Å². The SMILES string of the molecule is CCN(CC)C(=O)N1CCOC[C@H]1CC(=O)c1ccco1. The molecule has 21 heavy (non-hydrogen) atoms. The standard InChI is InChI=1S/C15H22N2O4/c1-3-16(4-2)15(19)17-7-9-20-11-12(17)10-13(18)14-6-5-8-21-14/h5-6,8,12H,3-4,7,9-11H2,1-2H3/t12-/m1/s1. The van der Waals surface area contributed by atoms with E-state index in [1.54, 1.807) is 21.9 Å². The zero-order valence-corrected chi connectivity index (χ0v) is 12.6. The van der Waals surface area contributed by atoms with Gasteiger partial charge in [-0.3, -0.25) is 4.79 Å². The van der Waals surface area contributed by atoms with Crippen LogP contribution in [0.25, 0.3) is 0 Å². The van der Waals surface area contributed by atoms with Gasteiger partial charge < -0.3 is 19.0 Å². The molecule has 0 spiro atoms. The predicted molar refractivity (Wildman–Crippen MR) is 77.3 cm³/mol. The lowest BCUT2D eigenvalue weighted by Gasteiger charge is -2.38. The molecular formula is C15H22N2O4. The Kier molecular flexibility index (Phi) is 5.38. The molecule has 0 bridgehead atoms. The molecule has 6 heteroatoms. The number of hydrogen-bond donors (Lipinski definition) is 0. The number of amides is 2. The van der Waals surface area contributed by atoms with E-state index in [0.717, 1.165) is 0 Å². The topological polar surface area (TPSA) is 63.0 Å². The molecule has 0 unspecified atom stereocenters. The van der Waals surface area contributed by atoms with Crippen molar-refractivity contribution in [3.8, 4) is 0 Å². The number of rotatable bonds is 5. The first kappa shape index (κ1) is 15.6. The summed E-state index contributed by atoms with van der Waals surface area (Å²) in [4.78, 5) is 28.2. The minimum absolute atomic E-state index is 0.0273. The highest BCUT2D eigenvalue weighted by atomic mass is 16.5. The van der Waals surface area contributed by atoms with E-state index in [-0.39, 0.29) is 24.3 Å². The van der Waals surface area contributed by atoms with Gasteiger partial charge in [-0.05, 0) is 26.0 Å². The molecule has 1 aromatic heterocycles. The second-order valence-electron chi connectivity index (χ2n) is 4.98. The Balaban J connectivity index is 2.05. The first-order chi connectivity index (χ1) is 10.2. The molecule has 2 heterocycles. The third-order valence-corrected chi connectivity index (χ3v) is 3.72. The van der Waals surface area contributed by atoms with Gasteiger partial charge in [-0.2, -0.15) is 0 Å². The first-order valence-electron chi connectivity index (χ1n) is 7.37. The zero-order chi connectivity index (χ0) is 15.2. The van der Waals surface area contributed by atoms with Gasteiger partial charge in [0.2, 0.25) is 0 Å². The van der Waals surface area contributed by atoms with E-state index in [9.17, 15) is 9.59 Å². The third kappa shape index (κ3) is 3.64. The van der Waals surface area contributed by atoms with Crippen LogP contribution in [0.5, 0.6) is 0 Å². The lowest BCUT2D eigenvalue weighted by molar-refractivity contribution is 0.00289. The minimum Gasteiger partial charge on any atom is -0.461 e. The molecule has 116 valence electrons. The van der Waals surface area contributed by atoms with Crippen molar-refractivity contribution >= 4 is 11.8 Å². The average molecular weight is 294 g/mol. The Morgan fingerprint density at radius 3 is 2.76 bits per heavy atom. The van der Waals surface area contributed by atoms with Crippen LogP contribution < -0.4 is 0 Å². The number of ketones is 1. The fraction of sp³-hybridized carbons (Fsp3) is 0.600. The predicted octanol–water partition coefficient (Wildman–Crippen LogP) is 2.01. The van der Waals surface area contributed by atoms with Crippen molar-refractivity contribution in [2.75, 3.05) is 32.8 Å². The Morgan fingerprint density at radius 2 is 2.14 bits per heavy atom. The summed E-state index contributed by atoms with van der Waals surface area (Å²) in [5, 5.41) is 0. The summed E-state index contributed by atoms with van der Waals surface area (Å²) in [5.74, 6) is 0.226. The Labute approximate surface area is 124 Å². The van der Waals surface area contributed by atoms with E-state index >= 15 is 0 Å². The van der Waals surface area contributed by atoms with E-state index in [1.165, 1.54) is 6.26 Å². The second-order valence-corrected chi connectivity index (χ2v) is 4.98. The molecule has 2 amide bonds. The molecule has 1 atom stereocenters. The largest absolute Gasteiger partial charge is 0.461 e. The van der Waals surface area contributed by atoms with Crippen LogP contribution in [0.3, 0.4) is 0 Å². The molecular weight excluding hydrogens is 272 g/mol. The molecule has 1 fully saturated rings. The summed E-state index contributed by atoms with van der Waals surface area (Å²) < 4.78 is 10.6. The van der Waals surface area contributed by atoms with Crippen molar-refractivity contribution in [1.82, 2.24) is 9.80 Å². The van der Waals surface area contributed by atoms with Gasteiger partial charge in [0.25, 0.3) is 0 Å². The molecule has 0 aliphatic carbocycles. The van der Waals surface area contributed by atoms with E-state index in [0.29, 0.717) is 38.6 Å². The van der Waals surface area contributed by atoms with Gasteiger partial charge >= 0.3 is 6.03 Å². The highest BCUT2D eigenvalue weighted by molar-refractivity contribution is 5.94. The lowest BCUT2D eigenvalue weighted by atomic mass is 10.1. The smallest absolute Gasteiger partial charge is 0.320 e. The maximum Gasteiger partial charge on any atom is 0.320 e. The Morgan fingerprint density at radius 1 is 1.38 bits per heavy atom. The molecule has 0 N–H and O–H groups in total. The number of carbonyl (C=O) groups excluding carboxylic acids is 2. The number of Topliss-reactive ketones (excluding diaryl/α,β-unsaturated/α-hetero) is 1. The molecule has 6 nitrogen and oxygen atoms in total. The summed E-state index contributed by atoms with van der Waals surface area (Å²) in [7, 11) is 0. The fourth-order valence-corrected chi connectivity index (χ4v) is 2.50. The van der Waals surface area contributed by atoms with Gasteiger partial charge in [0.15, 0.2) is 11.5 Å². The third-order valence-electron chi connectivity index (χ3n) is 3.72. The van der Waals surface area contributed by atoms with Gasteiger partial charge in [0.1, 0.15) is 0 Å². The first-order valence-corrected chi connectivity index (χ1v) is 7.37. The van der Waals surface area contributed by atoms with E-state index in [2.05, 4.69) is 0 Å². The van der Waals surface area contributed by atoms with Crippen LogP contribution in [0.4, 0.5) is 4.79 Å². The number of urea groups is 1. The molecule has 2 rings (SSSR count). The molecule has 1 aromatic rings. The van der Waals surface area contributed by atoms with Crippen molar-refractivity contribution in [2.24, 2.45) is 0 Å². The van der Waals surface area contributed by atoms with Crippen molar-refractivity contribution in [3.05, 3.63) is 24.2 Å². The number of ether oxygens (including phenoxy) is 1. The van der Waals surface area contributed by atoms with Crippen LogP contribution in [0, 0.1) is 0 Å². The normalized spacial score (nSPS) is 18.6. The summed E-state index contributed by atoms with van der Waals surface area (Å²) in [6.07, 6.45) is 1.70. The van der Waals surface area contributed by atoms with Gasteiger partial charge in [0, 0.05) is 26.1 Å². The van der Waals surface area contributed by atoms with Crippen LogP contribution in [-0.4, -0.2) is 60.5 Å². The Bertz CT molecular complexity index is 468. The van der Waals surface area contributed by atoms with Crippen LogP contribution in [0.2, 0.25) is 0 Å². The van der Waals surface area contributed by atoms with Gasteiger partial charge in [-0.25, -0.2) is 4.79 Å². The average Bonchev–Trinajstić information content (AvgIpc) is 3.03. The van der Waals surface area contributed by atoms with Gasteiger partial charge in [-0.1, -0.05) is 0 Å². The number of nitrogens with zero attached hydrogens (tertiary/aromatic N) is 2. The van der Waals surface area contributed by atoms with Crippen molar-refractivity contribution < 1.29 is 18.7 Å². The summed E-state index contributed by atoms with van der Waals surface area (Å²) in [5.41, 5.74) is 0. The number of furan rings is 1. The van der Waals surface area contributed by atoms with Crippen molar-refractivity contribution in [3.63, 3.8) is 0 Å². The van der Waals surface area contributed by atoms with Crippen molar-refractivity contribution in [1.29, 1.82) is 0 Å². The highest BCUT2D eigenvalue weighted by Crippen LogP contribution is 2.16. The molecule has 0 saturated carbocycles. The van der Waals surface area contributed by atoms with Gasteiger partial charge in [0.05, 0.1) is 25.5 Å². The maximum atomic E-state index is 12.5. The highest BCUT2D eigenvalue weighted by Gasteiger charge is 2.31.